The van der Waals surface area contributed by atoms with Gasteiger partial charge in [-0.3, -0.25) is 10.1 Å². The number of nitrogens with one attached hydrogen (secondary N) is 1. The predicted octanol–water partition coefficient (Wildman–Crippen LogP) is 0.956. The van der Waals surface area contributed by atoms with E-state index in [0.29, 0.717) is 19.6 Å². The number of methoxy groups -OCH3 is 1. The van der Waals surface area contributed by atoms with E-state index in [1.54, 1.807) is 0 Å². The first kappa shape index (κ1) is 14.0. The molecular weight excluding hydrogens is 218 g/mol. The molecule has 17 heavy (non-hydrogen) atoms. The van der Waals surface area contributed by atoms with Gasteiger partial charge in [-0.1, -0.05) is 19.8 Å². The summed E-state index contributed by atoms with van der Waals surface area (Å²) in [6.07, 6.45) is 5.89. The first-order valence-corrected chi connectivity index (χ1v) is 5.84. The van der Waals surface area contributed by atoms with Gasteiger partial charge in [-0.25, -0.2) is 0 Å². The summed E-state index contributed by atoms with van der Waals surface area (Å²) in [4.78, 5) is 12.0. The largest absolute Gasteiger partial charge is 0.468 e. The van der Waals surface area contributed by atoms with E-state index in [4.69, 9.17) is 15.9 Å². The molecular formula is C13H21NO3. The molecule has 0 aromatic carbocycles. The van der Waals surface area contributed by atoms with E-state index >= 15 is 0 Å². The highest BCUT2D eigenvalue weighted by atomic mass is 16.5. The highest BCUT2D eigenvalue weighted by molar-refractivity contribution is 5.84. The molecule has 0 unspecified atom stereocenters. The van der Waals surface area contributed by atoms with Gasteiger partial charge in [0.15, 0.2) is 0 Å². The van der Waals surface area contributed by atoms with Crippen molar-refractivity contribution in [2.24, 2.45) is 5.41 Å². The van der Waals surface area contributed by atoms with Crippen molar-refractivity contribution in [1.82, 2.24) is 5.32 Å². The van der Waals surface area contributed by atoms with Crippen molar-refractivity contribution < 1.29 is 14.3 Å². The summed E-state index contributed by atoms with van der Waals surface area (Å²) in [5, 5.41) is 3.12. The molecule has 1 fully saturated rings. The molecule has 0 amide bonds. The van der Waals surface area contributed by atoms with Crippen LogP contribution >= 0.6 is 0 Å². The van der Waals surface area contributed by atoms with Crippen LogP contribution in [0.5, 0.6) is 0 Å². The van der Waals surface area contributed by atoms with Crippen LogP contribution < -0.4 is 5.32 Å². The van der Waals surface area contributed by atoms with Crippen LogP contribution in [0.2, 0.25) is 0 Å². The molecule has 0 spiro atoms. The zero-order chi connectivity index (χ0) is 13.1. The maximum Gasteiger partial charge on any atom is 0.326 e. The zero-order valence-corrected chi connectivity index (χ0v) is 11.0. The lowest BCUT2D eigenvalue weighted by atomic mass is 9.54. The molecule has 0 heterocycles. The van der Waals surface area contributed by atoms with E-state index in [9.17, 15) is 4.79 Å². The fourth-order valence-corrected chi connectivity index (χ4v) is 2.50. The lowest BCUT2D eigenvalue weighted by Crippen LogP contribution is -2.75. The third-order valence-electron chi connectivity index (χ3n) is 3.79. The van der Waals surface area contributed by atoms with E-state index in [2.05, 4.69) is 11.2 Å². The van der Waals surface area contributed by atoms with Crippen LogP contribution in [0.1, 0.15) is 27.2 Å². The fourth-order valence-electron chi connectivity index (χ4n) is 2.50. The number of esters is 1. The van der Waals surface area contributed by atoms with Gasteiger partial charge < -0.3 is 9.47 Å². The molecule has 0 aromatic rings. The second-order valence-corrected chi connectivity index (χ2v) is 4.82. The van der Waals surface area contributed by atoms with E-state index in [1.807, 2.05) is 20.8 Å². The van der Waals surface area contributed by atoms with E-state index in [1.165, 1.54) is 7.11 Å². The number of carbonyl (C=O) groups is 1. The monoisotopic (exact) mass is 239 g/mol. The molecule has 96 valence electrons. The van der Waals surface area contributed by atoms with E-state index < -0.39 is 5.54 Å². The van der Waals surface area contributed by atoms with Crippen LogP contribution in [-0.2, 0) is 14.3 Å². The average molecular weight is 239 g/mol. The Balaban J connectivity index is 2.88. The molecule has 2 atom stereocenters. The molecule has 1 saturated carbocycles. The van der Waals surface area contributed by atoms with Gasteiger partial charge in [-0.15, -0.1) is 6.42 Å². The van der Waals surface area contributed by atoms with Crippen molar-refractivity contribution in [3.05, 3.63) is 0 Å². The number of carbonyl (C=O) groups excluding carboxylic acids is 1. The van der Waals surface area contributed by atoms with Gasteiger partial charge in [0.05, 0.1) is 19.8 Å². The summed E-state index contributed by atoms with van der Waals surface area (Å²) in [6.45, 7) is 6.93. The molecule has 4 nitrogen and oxygen atoms in total. The SMILES string of the molecule is C#CCN[C@@]1(C(=O)OC)C[C@@H](OCC)C1(C)C. The lowest BCUT2D eigenvalue weighted by molar-refractivity contribution is -0.195. The van der Waals surface area contributed by atoms with Crippen molar-refractivity contribution in [3.8, 4) is 12.3 Å². The van der Waals surface area contributed by atoms with Crippen molar-refractivity contribution in [2.75, 3.05) is 20.3 Å². The van der Waals surface area contributed by atoms with Crippen molar-refractivity contribution >= 4 is 5.97 Å². The minimum atomic E-state index is -0.728. The molecule has 0 saturated heterocycles. The minimum absolute atomic E-state index is 0.0527. The van der Waals surface area contributed by atoms with Crippen LogP contribution in [0, 0.1) is 17.8 Å². The molecule has 0 radical (unpaired) electrons. The Kier molecular flexibility index (Phi) is 4.18. The average Bonchev–Trinajstić information content (AvgIpc) is 2.31. The van der Waals surface area contributed by atoms with Gasteiger partial charge in [-0.05, 0) is 6.92 Å². The Bertz CT molecular complexity index is 332. The summed E-state index contributed by atoms with van der Waals surface area (Å²) in [5.74, 6) is 2.23. The molecule has 0 aromatic heterocycles. The molecule has 0 bridgehead atoms. The second-order valence-electron chi connectivity index (χ2n) is 4.82. The van der Waals surface area contributed by atoms with E-state index in [0.717, 1.165) is 0 Å². The highest BCUT2D eigenvalue weighted by Gasteiger charge is 2.65. The van der Waals surface area contributed by atoms with Crippen LogP contribution in [0.3, 0.4) is 0 Å². The van der Waals surface area contributed by atoms with Crippen LogP contribution in [0.4, 0.5) is 0 Å². The third-order valence-corrected chi connectivity index (χ3v) is 3.79. The fraction of sp³-hybridized carbons (Fsp3) is 0.769. The molecule has 0 aliphatic heterocycles. The molecule has 1 aliphatic carbocycles. The molecule has 4 heteroatoms. The summed E-state index contributed by atoms with van der Waals surface area (Å²) in [5.41, 5.74) is -1.05. The number of ether oxygens (including phenoxy) is 2. The summed E-state index contributed by atoms with van der Waals surface area (Å²) < 4.78 is 10.5. The van der Waals surface area contributed by atoms with Gasteiger partial charge in [-0.2, -0.15) is 0 Å². The summed E-state index contributed by atoms with van der Waals surface area (Å²) in [6, 6.07) is 0. The maximum absolute atomic E-state index is 12.0. The Hall–Kier alpha value is -1.05. The predicted molar refractivity (Wildman–Crippen MR) is 65.4 cm³/mol. The van der Waals surface area contributed by atoms with E-state index in [-0.39, 0.29) is 17.5 Å². The first-order valence-electron chi connectivity index (χ1n) is 5.84. The van der Waals surface area contributed by atoms with Gasteiger partial charge in [0.1, 0.15) is 5.54 Å². The quantitative estimate of drug-likeness (QED) is 0.573. The smallest absolute Gasteiger partial charge is 0.326 e. The number of hydrogen-bond acceptors (Lipinski definition) is 4. The standard InChI is InChI=1S/C13H21NO3/c1-6-8-14-13(11(15)16-5)9-10(17-7-2)12(13,3)4/h1,10,14H,7-9H2,2-5H3/t10-,13-/m1/s1. The van der Waals surface area contributed by atoms with Crippen LogP contribution in [0.15, 0.2) is 0 Å². The van der Waals surface area contributed by atoms with Gasteiger partial charge in [0.25, 0.3) is 0 Å². The first-order chi connectivity index (χ1) is 7.96. The molecule has 1 aliphatic rings. The van der Waals surface area contributed by atoms with Crippen molar-refractivity contribution in [1.29, 1.82) is 0 Å². The second kappa shape index (κ2) is 5.07. The normalized spacial score (nSPS) is 30.2. The lowest BCUT2D eigenvalue weighted by Gasteiger charge is -2.58. The highest BCUT2D eigenvalue weighted by Crippen LogP contribution is 2.51. The molecule has 1 N–H and O–H groups in total. The van der Waals surface area contributed by atoms with Crippen LogP contribution in [0.25, 0.3) is 0 Å². The van der Waals surface area contributed by atoms with Gasteiger partial charge >= 0.3 is 5.97 Å². The third kappa shape index (κ3) is 2.05. The van der Waals surface area contributed by atoms with Crippen molar-refractivity contribution in [2.45, 2.75) is 38.8 Å². The summed E-state index contributed by atoms with van der Waals surface area (Å²) >= 11 is 0. The van der Waals surface area contributed by atoms with Gasteiger partial charge in [0, 0.05) is 18.4 Å². The zero-order valence-electron chi connectivity index (χ0n) is 11.0. The van der Waals surface area contributed by atoms with Crippen LogP contribution in [-0.4, -0.2) is 37.9 Å². The Morgan fingerprint density at radius 3 is 2.65 bits per heavy atom. The Labute approximate surface area is 103 Å². The summed E-state index contributed by atoms with van der Waals surface area (Å²) in [7, 11) is 1.39. The Morgan fingerprint density at radius 2 is 2.24 bits per heavy atom. The topological polar surface area (TPSA) is 47.6 Å². The Morgan fingerprint density at radius 1 is 1.59 bits per heavy atom. The minimum Gasteiger partial charge on any atom is -0.468 e. The number of rotatable bonds is 5. The molecule has 1 rings (SSSR count). The van der Waals surface area contributed by atoms with Crippen molar-refractivity contribution in [3.63, 3.8) is 0 Å². The number of hydrogen-bond donors (Lipinski definition) is 1. The van der Waals surface area contributed by atoms with Gasteiger partial charge in [0.2, 0.25) is 0 Å². The number of terminal acetylenes is 1. The maximum atomic E-state index is 12.0.